The van der Waals surface area contributed by atoms with Gasteiger partial charge in [-0.05, 0) is 48.1 Å². The predicted octanol–water partition coefficient (Wildman–Crippen LogP) is 2.98. The molecule has 0 aromatic heterocycles. The van der Waals surface area contributed by atoms with E-state index in [1.807, 2.05) is 42.5 Å². The summed E-state index contributed by atoms with van der Waals surface area (Å²) in [5.74, 6) is -0.788. The predicted molar refractivity (Wildman–Crippen MR) is 123 cm³/mol. The quantitative estimate of drug-likeness (QED) is 0.554. The van der Waals surface area contributed by atoms with E-state index in [-0.39, 0.29) is 23.2 Å². The minimum Gasteiger partial charge on any atom is -0.497 e. The first kappa shape index (κ1) is 21.1. The molecule has 3 amide bonds. The van der Waals surface area contributed by atoms with Crippen molar-refractivity contribution in [3.8, 4) is 5.75 Å². The lowest BCUT2D eigenvalue weighted by molar-refractivity contribution is -0.135. The second kappa shape index (κ2) is 8.91. The van der Waals surface area contributed by atoms with E-state index in [0.29, 0.717) is 10.7 Å². The number of carbonyl (C=O) groups is 3. The molecule has 0 bridgehead atoms. The number of ether oxygens (including phenoxy) is 1. The molecule has 1 unspecified atom stereocenters. The van der Waals surface area contributed by atoms with Crippen molar-refractivity contribution in [2.45, 2.75) is 6.42 Å². The molecule has 1 N–H and O–H groups in total. The number of nitrogens with zero attached hydrogens (tertiary/aromatic N) is 2. The number of anilines is 1. The zero-order chi connectivity index (χ0) is 22.0. The third-order valence-corrected chi connectivity index (χ3v) is 6.30. The number of hydrogen-bond acceptors (Lipinski definition) is 6. The van der Waals surface area contributed by atoms with Gasteiger partial charge in [0.05, 0.1) is 17.9 Å². The number of hydrogen-bond donors (Lipinski definition) is 1. The summed E-state index contributed by atoms with van der Waals surface area (Å²) >= 11 is 6.40. The summed E-state index contributed by atoms with van der Waals surface area (Å²) < 4.78 is 5.37. The fourth-order valence-corrected chi connectivity index (χ4v) is 4.54. The molecule has 2 aliphatic rings. The Hall–Kier alpha value is -3.17. The van der Waals surface area contributed by atoms with Crippen LogP contribution < -0.4 is 15.1 Å². The van der Waals surface area contributed by atoms with E-state index in [1.54, 1.807) is 30.2 Å². The Morgan fingerprint density at radius 1 is 1.16 bits per heavy atom. The second-order valence-electron chi connectivity index (χ2n) is 7.01. The number of methoxy groups -OCH3 is 1. The van der Waals surface area contributed by atoms with Gasteiger partial charge < -0.3 is 9.64 Å². The Morgan fingerprint density at radius 2 is 1.87 bits per heavy atom. The number of thiocarbonyl (C=S) groups is 1. The Balaban J connectivity index is 1.42. The maximum Gasteiger partial charge on any atom is 0.285 e. The van der Waals surface area contributed by atoms with Crippen LogP contribution >= 0.6 is 24.0 Å². The zero-order valence-corrected chi connectivity index (χ0v) is 18.2. The summed E-state index contributed by atoms with van der Waals surface area (Å²) in [6, 6.07) is 16.4. The molecule has 158 valence electrons. The van der Waals surface area contributed by atoms with Crippen LogP contribution in [0.3, 0.4) is 0 Å². The van der Waals surface area contributed by atoms with Crippen LogP contribution in [0, 0.1) is 5.92 Å². The standard InChI is InChI=1S/C22H19N3O4S2/c1-29-17-9-7-14(8-10-17)11-18-21(28)25(22(30)31-18)23-20(27)15-12-19(26)24(13-15)16-5-3-2-4-6-16/h2-11,15H,12-13H2,1H3,(H,23,27). The van der Waals surface area contributed by atoms with Gasteiger partial charge in [-0.3, -0.25) is 19.8 Å². The van der Waals surface area contributed by atoms with Crippen LogP contribution in [0.15, 0.2) is 59.5 Å². The van der Waals surface area contributed by atoms with Crippen molar-refractivity contribution in [2.75, 3.05) is 18.6 Å². The summed E-state index contributed by atoms with van der Waals surface area (Å²) in [7, 11) is 1.58. The average molecular weight is 454 g/mol. The smallest absolute Gasteiger partial charge is 0.285 e. The average Bonchev–Trinajstić information content (AvgIpc) is 3.30. The zero-order valence-electron chi connectivity index (χ0n) is 16.6. The van der Waals surface area contributed by atoms with Gasteiger partial charge in [-0.25, -0.2) is 0 Å². The summed E-state index contributed by atoms with van der Waals surface area (Å²) in [6.45, 7) is 0.255. The van der Waals surface area contributed by atoms with Crippen molar-refractivity contribution < 1.29 is 19.1 Å². The molecule has 4 rings (SSSR count). The van der Waals surface area contributed by atoms with E-state index < -0.39 is 17.7 Å². The van der Waals surface area contributed by atoms with Crippen molar-refractivity contribution in [2.24, 2.45) is 5.92 Å². The number of hydrazine groups is 1. The Kier molecular flexibility index (Phi) is 6.06. The third-order valence-electron chi connectivity index (χ3n) is 4.99. The van der Waals surface area contributed by atoms with Crippen LogP contribution in [0.4, 0.5) is 5.69 Å². The van der Waals surface area contributed by atoms with Crippen LogP contribution in [0.25, 0.3) is 6.08 Å². The highest BCUT2D eigenvalue weighted by molar-refractivity contribution is 8.26. The first-order chi connectivity index (χ1) is 15.0. The van der Waals surface area contributed by atoms with Gasteiger partial charge in [-0.1, -0.05) is 42.1 Å². The molecule has 2 aliphatic heterocycles. The lowest BCUT2D eigenvalue weighted by Crippen LogP contribution is -2.47. The number of rotatable bonds is 5. The van der Waals surface area contributed by atoms with Gasteiger partial charge in [-0.15, -0.1) is 0 Å². The van der Waals surface area contributed by atoms with Crippen molar-refractivity contribution in [3.63, 3.8) is 0 Å². The summed E-state index contributed by atoms with van der Waals surface area (Å²) in [5, 5.41) is 1.08. The van der Waals surface area contributed by atoms with Gasteiger partial charge in [-0.2, -0.15) is 5.01 Å². The molecule has 2 saturated heterocycles. The molecule has 31 heavy (non-hydrogen) atoms. The molecular formula is C22H19N3O4S2. The molecule has 2 aromatic carbocycles. The molecule has 0 aliphatic carbocycles. The van der Waals surface area contributed by atoms with E-state index in [4.69, 9.17) is 17.0 Å². The number of benzene rings is 2. The van der Waals surface area contributed by atoms with E-state index >= 15 is 0 Å². The first-order valence-electron chi connectivity index (χ1n) is 9.54. The molecule has 2 aromatic rings. The summed E-state index contributed by atoms with van der Waals surface area (Å²) in [4.78, 5) is 39.9. The molecular weight excluding hydrogens is 434 g/mol. The molecule has 0 saturated carbocycles. The largest absolute Gasteiger partial charge is 0.497 e. The minimum atomic E-state index is -0.567. The van der Waals surface area contributed by atoms with Gasteiger partial charge in [0.2, 0.25) is 11.8 Å². The van der Waals surface area contributed by atoms with Crippen molar-refractivity contribution in [1.29, 1.82) is 0 Å². The lowest BCUT2D eigenvalue weighted by Gasteiger charge is -2.19. The third kappa shape index (κ3) is 4.47. The van der Waals surface area contributed by atoms with Gasteiger partial charge in [0.1, 0.15) is 5.75 Å². The highest BCUT2D eigenvalue weighted by atomic mass is 32.2. The fourth-order valence-electron chi connectivity index (χ4n) is 3.36. The highest BCUT2D eigenvalue weighted by Gasteiger charge is 2.39. The highest BCUT2D eigenvalue weighted by Crippen LogP contribution is 2.32. The monoisotopic (exact) mass is 453 g/mol. The molecule has 0 spiro atoms. The molecule has 0 radical (unpaired) electrons. The van der Waals surface area contributed by atoms with Crippen LogP contribution in [0.1, 0.15) is 12.0 Å². The Bertz CT molecular complexity index is 1070. The number of nitrogens with one attached hydrogen (secondary N) is 1. The maximum absolute atomic E-state index is 12.8. The van der Waals surface area contributed by atoms with Gasteiger partial charge in [0.25, 0.3) is 5.91 Å². The Labute approximate surface area is 189 Å². The number of amides is 3. The number of para-hydroxylation sites is 1. The molecule has 1 atom stereocenters. The van der Waals surface area contributed by atoms with Crippen LogP contribution in [-0.4, -0.2) is 40.7 Å². The van der Waals surface area contributed by atoms with E-state index in [1.165, 1.54) is 0 Å². The summed E-state index contributed by atoms with van der Waals surface area (Å²) in [5.41, 5.74) is 4.15. The van der Waals surface area contributed by atoms with Crippen molar-refractivity contribution in [1.82, 2.24) is 10.4 Å². The normalized spacial score (nSPS) is 20.0. The molecule has 2 fully saturated rings. The molecule has 7 nitrogen and oxygen atoms in total. The van der Waals surface area contributed by atoms with E-state index in [2.05, 4.69) is 5.43 Å². The van der Waals surface area contributed by atoms with Crippen molar-refractivity contribution >= 4 is 57.8 Å². The molecule has 2 heterocycles. The minimum absolute atomic E-state index is 0.0806. The second-order valence-corrected chi connectivity index (χ2v) is 8.68. The summed E-state index contributed by atoms with van der Waals surface area (Å²) in [6.07, 6.45) is 1.79. The van der Waals surface area contributed by atoms with Crippen LogP contribution in [-0.2, 0) is 14.4 Å². The lowest BCUT2D eigenvalue weighted by atomic mass is 10.1. The van der Waals surface area contributed by atoms with Gasteiger partial charge >= 0.3 is 0 Å². The van der Waals surface area contributed by atoms with Gasteiger partial charge in [0, 0.05) is 18.7 Å². The molecule has 9 heteroatoms. The number of thioether (sulfide) groups is 1. The SMILES string of the molecule is COc1ccc(C=C2SC(=S)N(NC(=O)C3CC(=O)N(c4ccccc4)C3)C2=O)cc1. The fraction of sp³-hybridized carbons (Fsp3) is 0.182. The van der Waals surface area contributed by atoms with Gasteiger partial charge in [0.15, 0.2) is 4.32 Å². The van der Waals surface area contributed by atoms with Crippen LogP contribution in [0.2, 0.25) is 0 Å². The van der Waals surface area contributed by atoms with E-state index in [9.17, 15) is 14.4 Å². The van der Waals surface area contributed by atoms with Crippen LogP contribution in [0.5, 0.6) is 5.75 Å². The first-order valence-corrected chi connectivity index (χ1v) is 10.8. The number of carbonyl (C=O) groups excluding carboxylic acids is 3. The van der Waals surface area contributed by atoms with Crippen molar-refractivity contribution in [3.05, 3.63) is 65.1 Å². The Morgan fingerprint density at radius 3 is 2.55 bits per heavy atom. The van der Waals surface area contributed by atoms with E-state index in [0.717, 1.165) is 28.0 Å². The topological polar surface area (TPSA) is 79.0 Å². The maximum atomic E-state index is 12.8.